The van der Waals surface area contributed by atoms with Crippen LogP contribution in [0.4, 0.5) is 0 Å². The monoisotopic (exact) mass is 698 g/mol. The van der Waals surface area contributed by atoms with Crippen molar-refractivity contribution in [2.75, 3.05) is 14.2 Å². The molecular formula is C37H62O12. The van der Waals surface area contributed by atoms with Gasteiger partial charge in [-0.25, -0.2) is 4.79 Å². The zero-order valence-corrected chi connectivity index (χ0v) is 31.2. The van der Waals surface area contributed by atoms with E-state index >= 15 is 0 Å². The first-order valence-electron chi connectivity index (χ1n) is 18.5. The molecule has 0 aromatic rings. The number of ether oxygens (including phenoxy) is 7. The van der Waals surface area contributed by atoms with Gasteiger partial charge < -0.3 is 48.5 Å². The van der Waals surface area contributed by atoms with E-state index in [-0.39, 0.29) is 54.2 Å². The number of carboxylic acids is 2. The Hall–Kier alpha value is -1.38. The molecule has 5 heterocycles. The smallest absolute Gasteiger partial charge is 0.364 e. The zero-order chi connectivity index (χ0) is 36.3. The lowest BCUT2D eigenvalue weighted by Crippen LogP contribution is -2.58. The summed E-state index contributed by atoms with van der Waals surface area (Å²) in [5.41, 5.74) is -1.18. The van der Waals surface area contributed by atoms with Crippen LogP contribution in [0.25, 0.3) is 0 Å². The van der Waals surface area contributed by atoms with Gasteiger partial charge in [-0.05, 0) is 64.2 Å². The Morgan fingerprint density at radius 3 is 2.24 bits per heavy atom. The van der Waals surface area contributed by atoms with Gasteiger partial charge >= 0.3 is 11.9 Å². The van der Waals surface area contributed by atoms with Crippen LogP contribution in [0.1, 0.15) is 107 Å². The van der Waals surface area contributed by atoms with Crippen molar-refractivity contribution in [3.63, 3.8) is 0 Å². The lowest BCUT2D eigenvalue weighted by molar-refractivity contribution is -0.337. The molecule has 5 fully saturated rings. The van der Waals surface area contributed by atoms with Crippen LogP contribution in [0.3, 0.4) is 0 Å². The van der Waals surface area contributed by atoms with E-state index < -0.39 is 58.8 Å². The predicted octanol–water partition coefficient (Wildman–Crippen LogP) is 5.02. The summed E-state index contributed by atoms with van der Waals surface area (Å²) in [5.74, 6) is -6.74. The second-order valence-corrected chi connectivity index (χ2v) is 16.5. The van der Waals surface area contributed by atoms with Crippen LogP contribution in [0, 0.1) is 35.5 Å². The number of aliphatic carboxylic acids is 2. The fourth-order valence-corrected chi connectivity index (χ4v) is 10.2. The molecule has 5 aliphatic rings. The third-order valence-corrected chi connectivity index (χ3v) is 13.3. The first-order valence-corrected chi connectivity index (χ1v) is 18.5. The van der Waals surface area contributed by atoms with Crippen LogP contribution >= 0.6 is 0 Å². The molecule has 0 aromatic heterocycles. The molecule has 0 amide bonds. The number of carbonyl (C=O) groups is 2. The molecule has 3 N–H and O–H groups in total. The second kappa shape index (κ2) is 14.2. The Bertz CT molecular complexity index is 1200. The summed E-state index contributed by atoms with van der Waals surface area (Å²) in [7, 11) is 3.26. The molecule has 49 heavy (non-hydrogen) atoms. The summed E-state index contributed by atoms with van der Waals surface area (Å²) >= 11 is 0. The van der Waals surface area contributed by atoms with Gasteiger partial charge in [0.15, 0.2) is 5.79 Å². The van der Waals surface area contributed by atoms with E-state index in [0.717, 1.165) is 25.7 Å². The van der Waals surface area contributed by atoms with E-state index in [1.807, 2.05) is 13.8 Å². The summed E-state index contributed by atoms with van der Waals surface area (Å²) in [4.78, 5) is 23.9. The van der Waals surface area contributed by atoms with Crippen molar-refractivity contribution < 1.29 is 58.1 Å². The highest BCUT2D eigenvalue weighted by molar-refractivity contribution is 5.75. The fraction of sp³-hybridized carbons (Fsp3) is 0.946. The van der Waals surface area contributed by atoms with E-state index in [1.165, 1.54) is 0 Å². The lowest BCUT2D eigenvalue weighted by Gasteiger charge is -2.49. The summed E-state index contributed by atoms with van der Waals surface area (Å²) < 4.78 is 45.5. The van der Waals surface area contributed by atoms with Crippen molar-refractivity contribution >= 4 is 11.9 Å². The Kier molecular flexibility index (Phi) is 11.3. The largest absolute Gasteiger partial charge is 0.481 e. The number of rotatable bonds is 11. The Balaban J connectivity index is 1.31. The van der Waals surface area contributed by atoms with Crippen molar-refractivity contribution in [1.29, 1.82) is 0 Å². The molecular weight excluding hydrogens is 636 g/mol. The molecule has 0 unspecified atom stereocenters. The van der Waals surface area contributed by atoms with Gasteiger partial charge in [0.05, 0.1) is 59.8 Å². The van der Waals surface area contributed by atoms with Crippen LogP contribution in [0.15, 0.2) is 0 Å². The molecule has 0 radical (unpaired) electrons. The van der Waals surface area contributed by atoms with E-state index in [1.54, 1.807) is 28.1 Å². The molecule has 17 atom stereocenters. The van der Waals surface area contributed by atoms with E-state index in [0.29, 0.717) is 25.7 Å². The van der Waals surface area contributed by atoms with Crippen LogP contribution in [0.2, 0.25) is 0 Å². The molecule has 12 nitrogen and oxygen atoms in total. The highest BCUT2D eigenvalue weighted by atomic mass is 16.7. The topological polar surface area (TPSA) is 159 Å². The van der Waals surface area contributed by atoms with Crippen molar-refractivity contribution in [3.05, 3.63) is 0 Å². The molecule has 0 bridgehead atoms. The van der Waals surface area contributed by atoms with Crippen LogP contribution in [0.5, 0.6) is 0 Å². The van der Waals surface area contributed by atoms with Gasteiger partial charge in [0, 0.05) is 44.8 Å². The highest BCUT2D eigenvalue weighted by Crippen LogP contribution is 2.55. The summed E-state index contributed by atoms with van der Waals surface area (Å²) in [6, 6.07) is 0. The second-order valence-electron chi connectivity index (χ2n) is 16.5. The van der Waals surface area contributed by atoms with Crippen LogP contribution < -0.4 is 0 Å². The lowest BCUT2D eigenvalue weighted by atomic mass is 9.78. The minimum atomic E-state index is -2.24. The standard InChI is InChI=1S/C37H62O12/c1-11-35(31-20(3)17-25(45-31)28-19(2)16-21(4)37(42,48-28)33(40)41)13-12-27(46-35)34(8)14-15-36(49-34)18-26(43-9)22(5)30(47-36)23(6)29(44-10)24(7)32(38)39/h19-31,42H,11-18H2,1-10H3,(H,38,39)(H,40,41)/t19-,20-,21+,22+,23-,24-,25+,26-,27+,28-,29+,30+,31+,34-,35-,36+,37+/m0/s1. The van der Waals surface area contributed by atoms with Crippen molar-refractivity contribution in [2.24, 2.45) is 35.5 Å². The third-order valence-electron chi connectivity index (χ3n) is 13.3. The van der Waals surface area contributed by atoms with Gasteiger partial charge in [-0.2, -0.15) is 0 Å². The van der Waals surface area contributed by atoms with Gasteiger partial charge in [0.2, 0.25) is 0 Å². The molecule has 0 saturated carbocycles. The van der Waals surface area contributed by atoms with E-state index in [4.69, 9.17) is 33.2 Å². The fourth-order valence-electron chi connectivity index (χ4n) is 10.2. The van der Waals surface area contributed by atoms with Gasteiger partial charge in [-0.1, -0.05) is 41.5 Å². The van der Waals surface area contributed by atoms with E-state index in [9.17, 15) is 24.9 Å². The predicted molar refractivity (Wildman–Crippen MR) is 178 cm³/mol. The number of aliphatic hydroxyl groups is 1. The molecule has 282 valence electrons. The van der Waals surface area contributed by atoms with Gasteiger partial charge in [0.1, 0.15) is 0 Å². The molecule has 5 aliphatic heterocycles. The Morgan fingerprint density at radius 2 is 1.65 bits per heavy atom. The highest BCUT2D eigenvalue weighted by Gasteiger charge is 2.62. The van der Waals surface area contributed by atoms with E-state index in [2.05, 4.69) is 27.7 Å². The molecule has 0 aromatic carbocycles. The first kappa shape index (κ1) is 38.8. The maximum atomic E-state index is 12.0. The Labute approximate surface area is 291 Å². The zero-order valence-electron chi connectivity index (χ0n) is 31.2. The first-order chi connectivity index (χ1) is 22.9. The maximum Gasteiger partial charge on any atom is 0.364 e. The molecule has 12 heteroatoms. The third kappa shape index (κ3) is 6.82. The van der Waals surface area contributed by atoms with Gasteiger partial charge in [-0.15, -0.1) is 0 Å². The van der Waals surface area contributed by atoms with Crippen molar-refractivity contribution in [2.45, 2.75) is 172 Å². The van der Waals surface area contributed by atoms with Crippen LogP contribution in [-0.4, -0.2) is 107 Å². The van der Waals surface area contributed by atoms with Gasteiger partial charge in [0.25, 0.3) is 5.79 Å². The number of hydrogen-bond donors (Lipinski definition) is 3. The summed E-state index contributed by atoms with van der Waals surface area (Å²) in [5, 5.41) is 30.5. The molecule has 5 rings (SSSR count). The summed E-state index contributed by atoms with van der Waals surface area (Å²) in [6.07, 6.45) is 3.11. The van der Waals surface area contributed by atoms with Crippen molar-refractivity contribution in [1.82, 2.24) is 0 Å². The normalized spacial score (nSPS) is 49.2. The SMILES string of the molecule is CC[C@@]1([C@@H]2O[C@@H]([C@H]3O[C@@](O)(C(=O)O)[C@H](C)C[C@@H]3C)C[C@@H]2C)CC[C@H]([C@]2(C)CC[C@]3(C[C@H](OC)[C@@H](C)[C@H]([C@@H](C)[C@@H](OC)[C@H](C)C(=O)O)O3)O2)O1. The maximum absolute atomic E-state index is 12.0. The Morgan fingerprint density at radius 1 is 0.959 bits per heavy atom. The van der Waals surface area contributed by atoms with Crippen molar-refractivity contribution in [3.8, 4) is 0 Å². The quantitative estimate of drug-likeness (QED) is 0.265. The number of hydrogen-bond acceptors (Lipinski definition) is 10. The molecule has 1 spiro atoms. The average molecular weight is 699 g/mol. The molecule has 5 saturated heterocycles. The minimum absolute atomic E-state index is 0.00490. The minimum Gasteiger partial charge on any atom is -0.481 e. The van der Waals surface area contributed by atoms with Gasteiger partial charge in [-0.3, -0.25) is 4.79 Å². The number of methoxy groups -OCH3 is 2. The molecule has 0 aliphatic carbocycles. The number of carboxylic acid groups (broad SMARTS) is 2. The average Bonchev–Trinajstić information content (AvgIpc) is 3.76. The summed E-state index contributed by atoms with van der Waals surface area (Å²) in [6.45, 7) is 15.9. The van der Waals surface area contributed by atoms with Crippen LogP contribution in [-0.2, 0) is 42.7 Å².